The summed E-state index contributed by atoms with van der Waals surface area (Å²) in [5, 5.41) is 12.2. The fraction of sp³-hybridized carbons (Fsp3) is 0.500. The normalized spacial score (nSPS) is 22.1. The van der Waals surface area contributed by atoms with Crippen molar-refractivity contribution in [3.05, 3.63) is 29.8 Å². The number of ether oxygens (including phenoxy) is 1. The van der Waals surface area contributed by atoms with E-state index in [2.05, 4.69) is 10.1 Å². The van der Waals surface area contributed by atoms with Crippen LogP contribution in [0.4, 0.5) is 13.2 Å². The lowest BCUT2D eigenvalue weighted by Gasteiger charge is -2.16. The molecule has 2 rings (SSSR count). The Morgan fingerprint density at radius 2 is 2.05 bits per heavy atom. The average Bonchev–Trinajstić information content (AvgIpc) is 2.80. The van der Waals surface area contributed by atoms with Gasteiger partial charge in [0.15, 0.2) is 0 Å². The molecular formula is C14H16F3NO3. The Morgan fingerprint density at radius 3 is 2.67 bits per heavy atom. The smallest absolute Gasteiger partial charge is 0.405 e. The van der Waals surface area contributed by atoms with Gasteiger partial charge in [-0.3, -0.25) is 4.79 Å². The van der Waals surface area contributed by atoms with E-state index in [1.165, 1.54) is 18.2 Å². The highest BCUT2D eigenvalue weighted by atomic mass is 19.4. The van der Waals surface area contributed by atoms with Crippen LogP contribution in [-0.2, 0) is 0 Å². The number of carbonyl (C=O) groups excluding carboxylic acids is 1. The van der Waals surface area contributed by atoms with Crippen molar-refractivity contribution in [3.8, 4) is 5.75 Å². The lowest BCUT2D eigenvalue weighted by Crippen LogP contribution is -2.33. The van der Waals surface area contributed by atoms with Gasteiger partial charge in [0.05, 0.1) is 11.7 Å². The van der Waals surface area contributed by atoms with E-state index in [9.17, 15) is 23.1 Å². The van der Waals surface area contributed by atoms with Gasteiger partial charge in [-0.1, -0.05) is 18.6 Å². The van der Waals surface area contributed by atoms with Crippen LogP contribution in [0.25, 0.3) is 0 Å². The second-order valence-electron chi connectivity index (χ2n) is 5.01. The summed E-state index contributed by atoms with van der Waals surface area (Å²) in [6.45, 7) is 0.236. The second-order valence-corrected chi connectivity index (χ2v) is 5.01. The van der Waals surface area contributed by atoms with Gasteiger partial charge >= 0.3 is 6.36 Å². The van der Waals surface area contributed by atoms with Gasteiger partial charge in [0, 0.05) is 12.5 Å². The first-order chi connectivity index (χ1) is 9.87. The molecule has 0 radical (unpaired) electrons. The highest BCUT2D eigenvalue weighted by molar-refractivity contribution is 5.96. The number of alkyl halides is 3. The van der Waals surface area contributed by atoms with E-state index >= 15 is 0 Å². The number of para-hydroxylation sites is 1. The van der Waals surface area contributed by atoms with Gasteiger partial charge in [-0.15, -0.1) is 13.2 Å². The topological polar surface area (TPSA) is 58.6 Å². The molecule has 2 N–H and O–H groups in total. The summed E-state index contributed by atoms with van der Waals surface area (Å²) in [4.78, 5) is 12.0. The highest BCUT2D eigenvalue weighted by Crippen LogP contribution is 2.27. The Labute approximate surface area is 119 Å². The van der Waals surface area contributed by atoms with Gasteiger partial charge in [0.1, 0.15) is 5.75 Å². The van der Waals surface area contributed by atoms with Crippen LogP contribution in [0.3, 0.4) is 0 Å². The largest absolute Gasteiger partial charge is 0.573 e. The van der Waals surface area contributed by atoms with Gasteiger partial charge in [-0.2, -0.15) is 0 Å². The Kier molecular flexibility index (Phi) is 4.72. The number of carbonyl (C=O) groups is 1. The first-order valence-electron chi connectivity index (χ1n) is 6.68. The molecule has 0 aliphatic heterocycles. The van der Waals surface area contributed by atoms with Crippen LogP contribution in [0, 0.1) is 5.92 Å². The average molecular weight is 303 g/mol. The fourth-order valence-corrected chi connectivity index (χ4v) is 2.44. The van der Waals surface area contributed by atoms with Crippen LogP contribution < -0.4 is 10.1 Å². The van der Waals surface area contributed by atoms with Crippen LogP contribution >= 0.6 is 0 Å². The molecule has 4 nitrogen and oxygen atoms in total. The van der Waals surface area contributed by atoms with Crippen LogP contribution in [-0.4, -0.2) is 30.0 Å². The van der Waals surface area contributed by atoms with Crippen molar-refractivity contribution in [2.45, 2.75) is 31.7 Å². The first kappa shape index (κ1) is 15.6. The Bertz CT molecular complexity index is 504. The molecule has 1 amide bonds. The second kappa shape index (κ2) is 6.34. The van der Waals surface area contributed by atoms with Crippen LogP contribution in [0.2, 0.25) is 0 Å². The SMILES string of the molecule is O=C(NCC1CCCC1O)c1ccccc1OC(F)(F)F. The molecule has 7 heteroatoms. The number of rotatable bonds is 4. The molecule has 2 atom stereocenters. The zero-order chi connectivity index (χ0) is 15.5. The van der Waals surface area contributed by atoms with Crippen molar-refractivity contribution in [1.29, 1.82) is 0 Å². The molecule has 1 aliphatic carbocycles. The maximum absolute atomic E-state index is 12.3. The fourth-order valence-electron chi connectivity index (χ4n) is 2.44. The number of hydrogen-bond donors (Lipinski definition) is 2. The number of aliphatic hydroxyl groups is 1. The summed E-state index contributed by atoms with van der Waals surface area (Å²) in [6.07, 6.45) is -2.95. The van der Waals surface area contributed by atoms with Crippen molar-refractivity contribution in [3.63, 3.8) is 0 Å². The minimum atomic E-state index is -4.85. The Hall–Kier alpha value is -1.76. The molecule has 116 valence electrons. The summed E-state index contributed by atoms with van der Waals surface area (Å²) in [7, 11) is 0. The van der Waals surface area contributed by atoms with E-state index in [0.717, 1.165) is 18.9 Å². The predicted molar refractivity (Wildman–Crippen MR) is 68.8 cm³/mol. The third kappa shape index (κ3) is 4.35. The number of amides is 1. The third-order valence-corrected chi connectivity index (χ3v) is 3.50. The van der Waals surface area contributed by atoms with Crippen molar-refractivity contribution >= 4 is 5.91 Å². The van der Waals surface area contributed by atoms with Gasteiger partial charge in [0.25, 0.3) is 5.91 Å². The zero-order valence-electron chi connectivity index (χ0n) is 11.2. The summed E-state index contributed by atoms with van der Waals surface area (Å²) >= 11 is 0. The highest BCUT2D eigenvalue weighted by Gasteiger charge is 2.33. The van der Waals surface area contributed by atoms with Gasteiger partial charge in [-0.05, 0) is 25.0 Å². The van der Waals surface area contributed by atoms with E-state index in [1.54, 1.807) is 0 Å². The molecule has 0 spiro atoms. The van der Waals surface area contributed by atoms with Crippen molar-refractivity contribution in [1.82, 2.24) is 5.32 Å². The molecule has 0 aromatic heterocycles. The number of halogens is 3. The maximum atomic E-state index is 12.3. The summed E-state index contributed by atoms with van der Waals surface area (Å²) in [6, 6.07) is 5.18. The first-order valence-corrected chi connectivity index (χ1v) is 6.68. The van der Waals surface area contributed by atoms with Crippen molar-refractivity contribution in [2.75, 3.05) is 6.54 Å². The number of hydrogen-bond acceptors (Lipinski definition) is 3. The van der Waals surface area contributed by atoms with E-state index in [4.69, 9.17) is 0 Å². The number of aliphatic hydroxyl groups excluding tert-OH is 1. The molecule has 0 bridgehead atoms. The van der Waals surface area contributed by atoms with Crippen LogP contribution in [0.15, 0.2) is 24.3 Å². The zero-order valence-corrected chi connectivity index (χ0v) is 11.2. The minimum Gasteiger partial charge on any atom is -0.405 e. The van der Waals surface area contributed by atoms with E-state index in [-0.39, 0.29) is 18.0 Å². The lowest BCUT2D eigenvalue weighted by atomic mass is 10.1. The van der Waals surface area contributed by atoms with E-state index in [1.807, 2.05) is 0 Å². The molecule has 2 unspecified atom stereocenters. The minimum absolute atomic E-state index is 0.0513. The molecule has 21 heavy (non-hydrogen) atoms. The number of benzene rings is 1. The van der Waals surface area contributed by atoms with Gasteiger partial charge in [0.2, 0.25) is 0 Å². The van der Waals surface area contributed by atoms with E-state index < -0.39 is 24.1 Å². The summed E-state index contributed by atoms with van der Waals surface area (Å²) in [5.74, 6) is -1.23. The summed E-state index contributed by atoms with van der Waals surface area (Å²) in [5.41, 5.74) is -0.178. The molecule has 1 aromatic carbocycles. The molecular weight excluding hydrogens is 287 g/mol. The quantitative estimate of drug-likeness (QED) is 0.898. The standard InChI is InChI=1S/C14H16F3NO3/c15-14(16,17)21-12-7-2-1-5-10(12)13(20)18-8-9-4-3-6-11(9)19/h1-2,5,7,9,11,19H,3-4,6,8H2,(H,18,20). The molecule has 0 heterocycles. The molecule has 0 saturated heterocycles. The number of nitrogens with one attached hydrogen (secondary N) is 1. The van der Waals surface area contributed by atoms with Gasteiger partial charge < -0.3 is 15.2 Å². The molecule has 1 aliphatic rings. The van der Waals surface area contributed by atoms with Gasteiger partial charge in [-0.25, -0.2) is 0 Å². The van der Waals surface area contributed by atoms with Crippen LogP contribution in [0.1, 0.15) is 29.6 Å². The summed E-state index contributed by atoms with van der Waals surface area (Å²) < 4.78 is 40.7. The van der Waals surface area contributed by atoms with E-state index in [0.29, 0.717) is 6.42 Å². The Morgan fingerprint density at radius 1 is 1.33 bits per heavy atom. The van der Waals surface area contributed by atoms with Crippen molar-refractivity contribution < 1.29 is 27.8 Å². The Balaban J connectivity index is 2.01. The third-order valence-electron chi connectivity index (χ3n) is 3.50. The molecule has 1 aromatic rings. The monoisotopic (exact) mass is 303 g/mol. The van der Waals surface area contributed by atoms with Crippen LogP contribution in [0.5, 0.6) is 5.75 Å². The molecule has 1 fully saturated rings. The predicted octanol–water partition coefficient (Wildman–Crippen LogP) is 2.48. The maximum Gasteiger partial charge on any atom is 0.573 e. The van der Waals surface area contributed by atoms with Crippen molar-refractivity contribution in [2.24, 2.45) is 5.92 Å². The molecule has 1 saturated carbocycles. The lowest BCUT2D eigenvalue weighted by molar-refractivity contribution is -0.274.